The maximum Gasteiger partial charge on any atom is 0.436 e. The molecular formula is C27H44ClF4N3O2. The fourth-order valence-electron chi connectivity index (χ4n) is 3.34. The van der Waals surface area contributed by atoms with Crippen LogP contribution in [0.25, 0.3) is 0 Å². The molecule has 1 rings (SSSR count). The van der Waals surface area contributed by atoms with E-state index in [4.69, 9.17) is 11.6 Å². The minimum atomic E-state index is -4.56. The summed E-state index contributed by atoms with van der Waals surface area (Å²) in [6, 6.07) is 0. The number of aliphatic hydroxyl groups is 1. The lowest BCUT2D eigenvalue weighted by Gasteiger charge is -2.29. The summed E-state index contributed by atoms with van der Waals surface area (Å²) in [5, 5.41) is 13.6. The average Bonchev–Trinajstić information content (AvgIpc) is 3.12. The molecule has 0 fully saturated rings. The van der Waals surface area contributed by atoms with E-state index in [2.05, 4.69) is 23.5 Å². The Bertz CT molecular complexity index is 865. The monoisotopic (exact) mass is 553 g/mol. The molecule has 0 aromatic carbocycles. The van der Waals surface area contributed by atoms with Gasteiger partial charge in [0.2, 0.25) is 0 Å². The highest BCUT2D eigenvalue weighted by Gasteiger charge is 2.38. The van der Waals surface area contributed by atoms with E-state index >= 15 is 0 Å². The molecule has 0 saturated carbocycles. The van der Waals surface area contributed by atoms with Crippen LogP contribution in [-0.2, 0) is 17.5 Å². The molecule has 0 saturated heterocycles. The molecule has 1 N–H and O–H groups in total. The lowest BCUT2D eigenvalue weighted by atomic mass is 9.87. The second-order valence-corrected chi connectivity index (χ2v) is 9.09. The van der Waals surface area contributed by atoms with Crippen molar-refractivity contribution in [3.63, 3.8) is 0 Å². The van der Waals surface area contributed by atoms with Gasteiger partial charge in [0.25, 0.3) is 0 Å². The second kappa shape index (κ2) is 19.2. The summed E-state index contributed by atoms with van der Waals surface area (Å²) in [4.78, 5) is 12.2. The highest BCUT2D eigenvalue weighted by Crippen LogP contribution is 2.35. The third kappa shape index (κ3) is 15.8. The molecule has 0 bridgehead atoms. The van der Waals surface area contributed by atoms with Crippen LogP contribution >= 0.6 is 11.6 Å². The van der Waals surface area contributed by atoms with Gasteiger partial charge >= 0.3 is 6.18 Å². The maximum absolute atomic E-state index is 12.9. The van der Waals surface area contributed by atoms with Crippen LogP contribution < -0.4 is 0 Å². The van der Waals surface area contributed by atoms with Crippen molar-refractivity contribution in [1.82, 2.24) is 14.7 Å². The molecule has 0 spiro atoms. The molecule has 1 atom stereocenters. The fourth-order valence-corrected chi connectivity index (χ4v) is 3.59. The molecule has 5 nitrogen and oxygen atoms in total. The quantitative estimate of drug-likeness (QED) is 0.118. The first-order chi connectivity index (χ1) is 17.2. The van der Waals surface area contributed by atoms with Gasteiger partial charge in [-0.1, -0.05) is 57.0 Å². The number of halogens is 5. The molecule has 0 amide bonds. The zero-order valence-corrected chi connectivity index (χ0v) is 24.0. The Hall–Kier alpha value is -1.97. The minimum Gasteiger partial charge on any atom is -0.390 e. The van der Waals surface area contributed by atoms with Crippen molar-refractivity contribution in [3.8, 4) is 0 Å². The molecule has 10 heteroatoms. The molecule has 0 aliphatic heterocycles. The molecule has 37 heavy (non-hydrogen) atoms. The Morgan fingerprint density at radius 1 is 1.22 bits per heavy atom. The van der Waals surface area contributed by atoms with Crippen LogP contribution in [0.4, 0.5) is 17.6 Å². The molecule has 0 radical (unpaired) electrons. The van der Waals surface area contributed by atoms with Crippen LogP contribution in [0, 0.1) is 6.92 Å². The molecule has 1 aromatic heterocycles. The van der Waals surface area contributed by atoms with E-state index in [1.54, 1.807) is 0 Å². The summed E-state index contributed by atoms with van der Waals surface area (Å²) in [6.07, 6.45) is 4.54. The summed E-state index contributed by atoms with van der Waals surface area (Å²) in [5.41, 5.74) is -0.438. The van der Waals surface area contributed by atoms with Crippen LogP contribution in [0.15, 0.2) is 36.2 Å². The van der Waals surface area contributed by atoms with Gasteiger partial charge < -0.3 is 14.8 Å². The van der Waals surface area contributed by atoms with E-state index in [1.807, 2.05) is 40.9 Å². The second-order valence-electron chi connectivity index (χ2n) is 8.71. The topological polar surface area (TPSA) is 58.4 Å². The van der Waals surface area contributed by atoms with E-state index in [0.29, 0.717) is 19.1 Å². The number of carbonyl (C=O) groups is 1. The number of nitrogens with zero attached hydrogens (tertiary/aromatic N) is 3. The van der Waals surface area contributed by atoms with Gasteiger partial charge in [0.05, 0.1) is 16.3 Å². The third-order valence-electron chi connectivity index (χ3n) is 5.18. The average molecular weight is 554 g/mol. The summed E-state index contributed by atoms with van der Waals surface area (Å²) in [6.45, 7) is 13.9. The van der Waals surface area contributed by atoms with Crippen LogP contribution in [0.1, 0.15) is 77.6 Å². The van der Waals surface area contributed by atoms with Crippen LogP contribution in [0.3, 0.4) is 0 Å². The first kappa shape index (κ1) is 37.2. The van der Waals surface area contributed by atoms with Crippen LogP contribution in [0.5, 0.6) is 0 Å². The van der Waals surface area contributed by atoms with E-state index < -0.39 is 22.5 Å². The zero-order valence-electron chi connectivity index (χ0n) is 23.3. The predicted molar refractivity (Wildman–Crippen MR) is 144 cm³/mol. The molecule has 1 aromatic rings. The smallest absolute Gasteiger partial charge is 0.390 e. The first-order valence-electron chi connectivity index (χ1n) is 12.4. The minimum absolute atomic E-state index is 0.102. The third-order valence-corrected chi connectivity index (χ3v) is 5.64. The van der Waals surface area contributed by atoms with Crippen molar-refractivity contribution in [2.45, 2.75) is 91.5 Å². The lowest BCUT2D eigenvalue weighted by molar-refractivity contribution is -0.141. The number of alkyl halides is 3. The van der Waals surface area contributed by atoms with Crippen molar-refractivity contribution in [1.29, 1.82) is 0 Å². The van der Waals surface area contributed by atoms with Crippen LogP contribution in [-0.4, -0.2) is 52.3 Å². The first-order valence-corrected chi connectivity index (χ1v) is 12.8. The van der Waals surface area contributed by atoms with Crippen LogP contribution in [0.2, 0.25) is 5.02 Å². The van der Waals surface area contributed by atoms with Gasteiger partial charge in [-0.05, 0) is 65.8 Å². The number of hydrogen-bond donors (Lipinski definition) is 1. The Morgan fingerprint density at radius 2 is 1.81 bits per heavy atom. The van der Waals surface area contributed by atoms with E-state index in [1.165, 1.54) is 19.1 Å². The van der Waals surface area contributed by atoms with Gasteiger partial charge in [0, 0.05) is 19.5 Å². The van der Waals surface area contributed by atoms with Gasteiger partial charge in [-0.15, -0.1) is 0 Å². The van der Waals surface area contributed by atoms with E-state index in [0.717, 1.165) is 36.1 Å². The molecule has 0 aliphatic carbocycles. The van der Waals surface area contributed by atoms with Crippen molar-refractivity contribution in [2.75, 3.05) is 20.6 Å². The normalized spacial score (nSPS) is 13.8. The molecular weight excluding hydrogens is 510 g/mol. The fraction of sp³-hybridized carbons (Fsp3) is 0.630. The van der Waals surface area contributed by atoms with Gasteiger partial charge in [-0.3, -0.25) is 4.68 Å². The molecule has 1 unspecified atom stereocenters. The van der Waals surface area contributed by atoms with E-state index in [9.17, 15) is 27.5 Å². The Balaban J connectivity index is 0. The summed E-state index contributed by atoms with van der Waals surface area (Å²) >= 11 is 5.49. The van der Waals surface area contributed by atoms with Crippen molar-refractivity contribution >= 4 is 17.9 Å². The standard InChI is InChI=1S/C17H30FNO.C8H8ClF3N2O.C2H6/c1-6-11-17(20,12-13-19(4)5)14-15(3)9-8-10-16(18)7-2;1-5-6(9)7(8(10,11)12)13-14(5)3-2-4-15;1-2/h7,9-10,20H,2,6,8,11-14H2,1,3-5H3;4H,2-3H2,1H3;1-2H3/b15-9?,16-10+;;. The maximum atomic E-state index is 12.9. The SMILES string of the molecule is C=C/C(F)=C\CC=C(C)CC(O)(CCC)CCN(C)C.CC.Cc1c(Cl)c(C(F)(F)F)nn1CCC=O. The number of carbonyl (C=O) groups excluding carboxylic acids is 1. The molecule has 0 aliphatic rings. The van der Waals surface area contributed by atoms with Gasteiger partial charge in [0.1, 0.15) is 12.1 Å². The molecule has 1 heterocycles. The Labute approximate surface area is 224 Å². The number of hydrogen-bond acceptors (Lipinski definition) is 4. The lowest BCUT2D eigenvalue weighted by Crippen LogP contribution is -2.33. The van der Waals surface area contributed by atoms with Crippen molar-refractivity contribution in [2.24, 2.45) is 0 Å². The highest BCUT2D eigenvalue weighted by molar-refractivity contribution is 6.31. The zero-order chi connectivity index (χ0) is 29.2. The summed E-state index contributed by atoms with van der Waals surface area (Å²) < 4.78 is 51.0. The number of aromatic nitrogens is 2. The molecule has 214 valence electrons. The Morgan fingerprint density at radius 3 is 2.24 bits per heavy atom. The van der Waals surface area contributed by atoms with Gasteiger partial charge in [0.15, 0.2) is 5.69 Å². The van der Waals surface area contributed by atoms with Crippen molar-refractivity contribution < 1.29 is 27.5 Å². The summed E-state index contributed by atoms with van der Waals surface area (Å²) in [5.74, 6) is -0.300. The predicted octanol–water partition coefficient (Wildman–Crippen LogP) is 7.71. The van der Waals surface area contributed by atoms with E-state index in [-0.39, 0.29) is 24.5 Å². The summed E-state index contributed by atoms with van der Waals surface area (Å²) in [7, 11) is 4.02. The van der Waals surface area contributed by atoms with Gasteiger partial charge in [-0.25, -0.2) is 4.39 Å². The largest absolute Gasteiger partial charge is 0.436 e. The Kier molecular flexibility index (Phi) is 19.2. The van der Waals surface area contributed by atoms with Gasteiger partial charge in [-0.2, -0.15) is 18.3 Å². The number of allylic oxidation sites excluding steroid dienone is 4. The number of aryl methyl sites for hydroxylation is 1. The number of rotatable bonds is 13. The highest BCUT2D eigenvalue weighted by atomic mass is 35.5. The van der Waals surface area contributed by atoms with Crippen molar-refractivity contribution in [3.05, 3.63) is 52.6 Å². The number of aldehydes is 1.